The molecule has 2 saturated carbocycles. The first-order valence-electron chi connectivity index (χ1n) is 10.7. The Morgan fingerprint density at radius 1 is 1.06 bits per heavy atom. The minimum Gasteiger partial charge on any atom is -0.497 e. The normalized spacial score (nSPS) is 28.9. The summed E-state index contributed by atoms with van der Waals surface area (Å²) < 4.78 is 16.0. The summed E-state index contributed by atoms with van der Waals surface area (Å²) in [7, 11) is 3.06. The Kier molecular flexibility index (Phi) is 5.52. The van der Waals surface area contributed by atoms with Gasteiger partial charge in [-0.1, -0.05) is 22.0 Å². The third-order valence-corrected chi connectivity index (χ3v) is 8.08. The Balaban J connectivity index is 1.30. The molecule has 0 radical (unpaired) electrons. The molecule has 1 saturated heterocycles. The third-order valence-electron chi connectivity index (χ3n) is 6.87. The molecule has 0 aromatic heterocycles. The summed E-state index contributed by atoms with van der Waals surface area (Å²) in [5.41, 5.74) is 1.36. The summed E-state index contributed by atoms with van der Waals surface area (Å²) in [6.07, 6.45) is 0.680. The van der Waals surface area contributed by atoms with Crippen LogP contribution in [0.2, 0.25) is 0 Å². The minimum absolute atomic E-state index is 0.00228. The highest BCUT2D eigenvalue weighted by atomic mass is 79.9. The zero-order valence-corrected chi connectivity index (χ0v) is 19.6. The molecule has 1 heterocycles. The fourth-order valence-corrected chi connectivity index (χ4v) is 6.44. The van der Waals surface area contributed by atoms with E-state index in [1.54, 1.807) is 49.6 Å². The second-order valence-corrected chi connectivity index (χ2v) is 9.61. The first-order chi connectivity index (χ1) is 15.9. The van der Waals surface area contributed by atoms with Gasteiger partial charge >= 0.3 is 5.97 Å². The van der Waals surface area contributed by atoms with Gasteiger partial charge in [0.05, 0.1) is 36.6 Å². The van der Waals surface area contributed by atoms with Crippen molar-refractivity contribution in [2.45, 2.75) is 17.4 Å². The molecular weight excluding hydrogens is 492 g/mol. The molecule has 9 heteroatoms. The number of fused-ring (bicyclic) bond motifs is 1. The molecule has 2 aliphatic carbocycles. The van der Waals surface area contributed by atoms with Crippen LogP contribution in [-0.4, -0.2) is 42.9 Å². The Labute approximate surface area is 199 Å². The molecule has 2 N–H and O–H groups in total. The second kappa shape index (κ2) is 8.37. The Morgan fingerprint density at radius 2 is 1.88 bits per heavy atom. The van der Waals surface area contributed by atoms with E-state index in [4.69, 9.17) is 14.2 Å². The van der Waals surface area contributed by atoms with Crippen molar-refractivity contribution in [3.63, 3.8) is 0 Å². The number of carbonyl (C=O) groups excluding carboxylic acids is 3. The molecule has 5 rings (SSSR count). The van der Waals surface area contributed by atoms with Gasteiger partial charge in [0.1, 0.15) is 17.6 Å². The van der Waals surface area contributed by atoms with Crippen LogP contribution in [0, 0.1) is 23.7 Å². The van der Waals surface area contributed by atoms with Crippen molar-refractivity contribution in [1.29, 1.82) is 0 Å². The van der Waals surface area contributed by atoms with Crippen LogP contribution in [0.4, 0.5) is 11.4 Å². The maximum absolute atomic E-state index is 13.1. The number of amides is 2. The fourth-order valence-electron chi connectivity index (χ4n) is 5.39. The van der Waals surface area contributed by atoms with Crippen LogP contribution in [0.1, 0.15) is 16.8 Å². The van der Waals surface area contributed by atoms with Gasteiger partial charge < -0.3 is 24.8 Å². The zero-order chi connectivity index (χ0) is 23.3. The third kappa shape index (κ3) is 3.64. The average Bonchev–Trinajstić information content (AvgIpc) is 3.43. The quantitative estimate of drug-likeness (QED) is 0.451. The van der Waals surface area contributed by atoms with Gasteiger partial charge in [0.15, 0.2) is 0 Å². The maximum Gasteiger partial charge on any atom is 0.310 e. The van der Waals surface area contributed by atoms with Crippen LogP contribution >= 0.6 is 15.9 Å². The molecule has 0 spiro atoms. The van der Waals surface area contributed by atoms with Crippen LogP contribution in [0.25, 0.3) is 0 Å². The number of esters is 1. The number of benzene rings is 2. The molecule has 6 atom stereocenters. The number of rotatable bonds is 6. The van der Waals surface area contributed by atoms with E-state index in [2.05, 4.69) is 26.6 Å². The van der Waals surface area contributed by atoms with E-state index in [0.717, 1.165) is 6.42 Å². The summed E-state index contributed by atoms with van der Waals surface area (Å²) in [5.74, 6) is -0.441. The molecule has 1 aliphatic heterocycles. The van der Waals surface area contributed by atoms with Gasteiger partial charge in [0.25, 0.3) is 5.91 Å². The van der Waals surface area contributed by atoms with E-state index in [9.17, 15) is 14.4 Å². The topological polar surface area (TPSA) is 103 Å². The molecule has 2 aromatic rings. The lowest BCUT2D eigenvalue weighted by molar-refractivity contribution is -0.145. The summed E-state index contributed by atoms with van der Waals surface area (Å²) in [5, 5.41) is 5.72. The highest BCUT2D eigenvalue weighted by Gasteiger charge is 2.67. The van der Waals surface area contributed by atoms with Gasteiger partial charge in [-0.05, 0) is 42.7 Å². The number of hydrogen-bond acceptors (Lipinski definition) is 6. The van der Waals surface area contributed by atoms with E-state index in [1.165, 1.54) is 7.11 Å². The summed E-state index contributed by atoms with van der Waals surface area (Å²) >= 11 is 3.62. The minimum atomic E-state index is -0.438. The lowest BCUT2D eigenvalue weighted by Crippen LogP contribution is -2.40. The van der Waals surface area contributed by atoms with Crippen molar-refractivity contribution < 1.29 is 28.6 Å². The van der Waals surface area contributed by atoms with Crippen LogP contribution in [0.15, 0.2) is 42.5 Å². The average molecular weight is 515 g/mol. The number of halogens is 1. The first-order valence-corrected chi connectivity index (χ1v) is 11.6. The van der Waals surface area contributed by atoms with Crippen LogP contribution in [0.5, 0.6) is 11.5 Å². The Bertz CT molecular complexity index is 1140. The smallest absolute Gasteiger partial charge is 0.310 e. The van der Waals surface area contributed by atoms with E-state index < -0.39 is 5.92 Å². The van der Waals surface area contributed by atoms with Crippen LogP contribution in [0.3, 0.4) is 0 Å². The molecule has 3 aliphatic rings. The standard InChI is InChI=1S/C24H23BrN2O6/c1-31-13-6-7-16(17(9-13)32-2)27-22(28)11-4-3-5-12(8-11)26-23(29)18-14-10-15-19(18)24(30)33-21(15)20(14)25/h3-9,14-15,18-21H,10H2,1-2H3,(H,26,29)(H,27,28)/t14-,15-,18-,19-,20-,21+/m1/s1. The molecule has 2 bridgehead atoms. The van der Waals surface area contributed by atoms with Crippen molar-refractivity contribution >= 4 is 45.1 Å². The zero-order valence-electron chi connectivity index (χ0n) is 18.0. The van der Waals surface area contributed by atoms with Crippen LogP contribution in [-0.2, 0) is 14.3 Å². The molecule has 8 nitrogen and oxygen atoms in total. The van der Waals surface area contributed by atoms with Gasteiger partial charge in [0.2, 0.25) is 5.91 Å². The SMILES string of the molecule is COc1ccc(NC(=O)c2cccc(NC(=O)[C@@H]3[C@H]4C[C@H]5[C@H](OC(=O)[C@H]53)[C@@H]4Br)c2)c(OC)c1. The highest BCUT2D eigenvalue weighted by molar-refractivity contribution is 9.09. The predicted octanol–water partition coefficient (Wildman–Crippen LogP) is 3.47. The highest BCUT2D eigenvalue weighted by Crippen LogP contribution is 2.60. The maximum atomic E-state index is 13.1. The second-order valence-electron chi connectivity index (χ2n) is 8.55. The van der Waals surface area contributed by atoms with E-state index in [1.807, 2.05) is 0 Å². The number of carbonyl (C=O) groups is 3. The summed E-state index contributed by atoms with van der Waals surface area (Å²) in [6, 6.07) is 11.8. The van der Waals surface area contributed by atoms with Gasteiger partial charge in [0, 0.05) is 23.2 Å². The van der Waals surface area contributed by atoms with Gasteiger partial charge in [-0.15, -0.1) is 0 Å². The molecule has 0 unspecified atom stereocenters. The molecule has 2 amide bonds. The molecule has 3 fully saturated rings. The fraction of sp³-hybridized carbons (Fsp3) is 0.375. The van der Waals surface area contributed by atoms with E-state index in [-0.39, 0.29) is 46.5 Å². The lowest BCUT2D eigenvalue weighted by Gasteiger charge is -2.27. The number of anilines is 2. The summed E-state index contributed by atoms with van der Waals surface area (Å²) in [4.78, 5) is 38.3. The monoisotopic (exact) mass is 514 g/mol. The number of ether oxygens (including phenoxy) is 3. The predicted molar refractivity (Wildman–Crippen MR) is 124 cm³/mol. The number of hydrogen-bond donors (Lipinski definition) is 2. The van der Waals surface area contributed by atoms with Gasteiger partial charge in [-0.2, -0.15) is 0 Å². The van der Waals surface area contributed by atoms with Gasteiger partial charge in [-0.3, -0.25) is 14.4 Å². The van der Waals surface area contributed by atoms with E-state index >= 15 is 0 Å². The number of alkyl halides is 1. The van der Waals surface area contributed by atoms with Crippen LogP contribution < -0.4 is 20.1 Å². The lowest BCUT2D eigenvalue weighted by atomic mass is 9.79. The first kappa shape index (κ1) is 21.8. The number of nitrogens with one attached hydrogen (secondary N) is 2. The molecule has 33 heavy (non-hydrogen) atoms. The largest absolute Gasteiger partial charge is 0.497 e. The number of methoxy groups -OCH3 is 2. The van der Waals surface area contributed by atoms with Gasteiger partial charge in [-0.25, -0.2) is 0 Å². The summed E-state index contributed by atoms with van der Waals surface area (Å²) in [6.45, 7) is 0. The molecule has 2 aromatic carbocycles. The molecular formula is C24H23BrN2O6. The van der Waals surface area contributed by atoms with Crippen molar-refractivity contribution in [3.8, 4) is 11.5 Å². The van der Waals surface area contributed by atoms with Crippen molar-refractivity contribution in [1.82, 2.24) is 0 Å². The molecule has 172 valence electrons. The van der Waals surface area contributed by atoms with Crippen molar-refractivity contribution in [2.75, 3.05) is 24.9 Å². The van der Waals surface area contributed by atoms with Crippen molar-refractivity contribution in [3.05, 3.63) is 48.0 Å². The van der Waals surface area contributed by atoms with E-state index in [0.29, 0.717) is 28.4 Å². The Hall–Kier alpha value is -3.07. The van der Waals surface area contributed by atoms with Crippen molar-refractivity contribution in [2.24, 2.45) is 23.7 Å². The Morgan fingerprint density at radius 3 is 2.64 bits per heavy atom.